The van der Waals surface area contributed by atoms with Gasteiger partial charge in [-0.15, -0.1) is 11.3 Å². The first-order valence-corrected chi connectivity index (χ1v) is 8.13. The summed E-state index contributed by atoms with van der Waals surface area (Å²) in [5, 5.41) is 15.3. The lowest BCUT2D eigenvalue weighted by molar-refractivity contribution is 0.0912. The minimum Gasteiger partial charge on any atom is -0.497 e. The second-order valence-corrected chi connectivity index (χ2v) is 5.91. The number of carbonyl (C=O) groups is 1. The van der Waals surface area contributed by atoms with Crippen molar-refractivity contribution in [2.24, 2.45) is 0 Å². The van der Waals surface area contributed by atoms with Crippen LogP contribution in [0.4, 0.5) is 0 Å². The maximum absolute atomic E-state index is 12.2. The first-order valence-electron chi connectivity index (χ1n) is 7.25. The molecule has 0 spiro atoms. The minimum atomic E-state index is -0.823. The van der Waals surface area contributed by atoms with Crippen LogP contribution in [0.1, 0.15) is 22.2 Å². The molecule has 0 fully saturated rings. The minimum absolute atomic E-state index is 0.0879. The van der Waals surface area contributed by atoms with E-state index >= 15 is 0 Å². The Morgan fingerprint density at radius 3 is 3.08 bits per heavy atom. The fourth-order valence-electron chi connectivity index (χ4n) is 2.14. The van der Waals surface area contributed by atoms with Crippen LogP contribution in [0, 0.1) is 0 Å². The van der Waals surface area contributed by atoms with Gasteiger partial charge in [0.1, 0.15) is 22.7 Å². The van der Waals surface area contributed by atoms with Crippen molar-refractivity contribution in [3.63, 3.8) is 0 Å². The fourth-order valence-corrected chi connectivity index (χ4v) is 2.93. The fraction of sp³-hybridized carbons (Fsp3) is 0.176. The van der Waals surface area contributed by atoms with Gasteiger partial charge in [-0.3, -0.25) is 4.79 Å². The van der Waals surface area contributed by atoms with Crippen molar-refractivity contribution in [1.29, 1.82) is 0 Å². The second kappa shape index (κ2) is 7.29. The molecular formula is C17H16N2O4S. The zero-order valence-electron chi connectivity index (χ0n) is 12.9. The van der Waals surface area contributed by atoms with E-state index in [0.717, 1.165) is 5.56 Å². The number of aliphatic hydroxyl groups is 1. The van der Waals surface area contributed by atoms with Crippen molar-refractivity contribution in [3.8, 4) is 16.3 Å². The van der Waals surface area contributed by atoms with E-state index in [1.807, 2.05) is 0 Å². The van der Waals surface area contributed by atoms with Crippen LogP contribution < -0.4 is 10.1 Å². The molecule has 2 aromatic heterocycles. The molecular weight excluding hydrogens is 328 g/mol. The maximum Gasteiger partial charge on any atom is 0.270 e. The summed E-state index contributed by atoms with van der Waals surface area (Å²) in [6.07, 6.45) is 2.31. The summed E-state index contributed by atoms with van der Waals surface area (Å²) in [7, 11) is 1.56. The Bertz CT molecular complexity index is 814. The van der Waals surface area contributed by atoms with E-state index in [1.54, 1.807) is 55.3 Å². The van der Waals surface area contributed by atoms with Gasteiger partial charge >= 0.3 is 0 Å². The van der Waals surface area contributed by atoms with Crippen molar-refractivity contribution in [3.05, 3.63) is 59.5 Å². The van der Waals surface area contributed by atoms with Crippen molar-refractivity contribution in [1.82, 2.24) is 10.3 Å². The van der Waals surface area contributed by atoms with E-state index in [0.29, 0.717) is 22.0 Å². The van der Waals surface area contributed by atoms with Crippen LogP contribution in [0.15, 0.2) is 52.7 Å². The lowest BCUT2D eigenvalue weighted by Gasteiger charge is -2.12. The lowest BCUT2D eigenvalue weighted by Crippen LogP contribution is -2.28. The number of carbonyl (C=O) groups excluding carboxylic acids is 1. The number of methoxy groups -OCH3 is 1. The number of aromatic nitrogens is 1. The van der Waals surface area contributed by atoms with Gasteiger partial charge in [0.2, 0.25) is 0 Å². The summed E-state index contributed by atoms with van der Waals surface area (Å²) in [6, 6.07) is 8.88. The van der Waals surface area contributed by atoms with Crippen LogP contribution >= 0.6 is 11.3 Å². The molecule has 6 nitrogen and oxygen atoms in total. The average Bonchev–Trinajstić information content (AvgIpc) is 3.30. The normalized spacial score (nSPS) is 11.9. The van der Waals surface area contributed by atoms with Gasteiger partial charge in [-0.25, -0.2) is 4.98 Å². The number of thiazole rings is 1. The number of amides is 1. The van der Waals surface area contributed by atoms with Gasteiger partial charge in [0.25, 0.3) is 5.91 Å². The molecule has 24 heavy (non-hydrogen) atoms. The van der Waals surface area contributed by atoms with Gasteiger partial charge in [-0.05, 0) is 23.8 Å². The van der Waals surface area contributed by atoms with E-state index < -0.39 is 6.10 Å². The number of rotatable bonds is 6. The second-order valence-electron chi connectivity index (χ2n) is 5.05. The third-order valence-electron chi connectivity index (χ3n) is 3.44. The number of aliphatic hydroxyl groups excluding tert-OH is 1. The highest BCUT2D eigenvalue weighted by atomic mass is 32.1. The Morgan fingerprint density at radius 2 is 2.33 bits per heavy atom. The van der Waals surface area contributed by atoms with Crippen LogP contribution in [0.25, 0.3) is 10.6 Å². The molecule has 1 aromatic carbocycles. The summed E-state index contributed by atoms with van der Waals surface area (Å²) < 4.78 is 10.1. The zero-order valence-corrected chi connectivity index (χ0v) is 13.7. The summed E-state index contributed by atoms with van der Waals surface area (Å²) in [4.78, 5) is 16.4. The Hall–Kier alpha value is -2.64. The number of ether oxygens (including phenoxy) is 1. The molecule has 0 aliphatic rings. The zero-order chi connectivity index (χ0) is 16.9. The molecule has 7 heteroatoms. The molecule has 0 aliphatic carbocycles. The van der Waals surface area contributed by atoms with Crippen molar-refractivity contribution < 1.29 is 19.1 Å². The third kappa shape index (κ3) is 3.64. The molecule has 124 valence electrons. The number of hydrogen-bond donors (Lipinski definition) is 2. The van der Waals surface area contributed by atoms with Crippen LogP contribution in [0.5, 0.6) is 5.75 Å². The molecule has 1 unspecified atom stereocenters. The Kier molecular flexibility index (Phi) is 4.93. The number of benzene rings is 1. The third-order valence-corrected chi connectivity index (χ3v) is 4.33. The lowest BCUT2D eigenvalue weighted by atomic mass is 10.1. The van der Waals surface area contributed by atoms with E-state index in [2.05, 4.69) is 10.3 Å². The molecule has 0 aliphatic heterocycles. The highest BCUT2D eigenvalue weighted by Crippen LogP contribution is 2.24. The maximum atomic E-state index is 12.2. The molecule has 3 aromatic rings. The van der Waals surface area contributed by atoms with Gasteiger partial charge in [0.15, 0.2) is 0 Å². The van der Waals surface area contributed by atoms with Crippen molar-refractivity contribution in [2.75, 3.05) is 13.7 Å². The number of nitrogens with zero attached hydrogens (tertiary/aromatic N) is 1. The molecule has 2 heterocycles. The van der Waals surface area contributed by atoms with Crippen LogP contribution in [0.3, 0.4) is 0 Å². The summed E-state index contributed by atoms with van der Waals surface area (Å²) >= 11 is 1.36. The highest BCUT2D eigenvalue weighted by Gasteiger charge is 2.15. The molecule has 0 saturated heterocycles. The molecule has 0 bridgehead atoms. The first-order chi connectivity index (χ1) is 11.7. The van der Waals surface area contributed by atoms with E-state index in [-0.39, 0.29) is 12.5 Å². The highest BCUT2D eigenvalue weighted by molar-refractivity contribution is 7.13. The first kappa shape index (κ1) is 16.2. The van der Waals surface area contributed by atoms with Crippen molar-refractivity contribution in [2.45, 2.75) is 6.10 Å². The van der Waals surface area contributed by atoms with Gasteiger partial charge in [0.05, 0.1) is 19.5 Å². The van der Waals surface area contributed by atoms with E-state index in [9.17, 15) is 9.90 Å². The Labute approximate surface area is 142 Å². The predicted octanol–water partition coefficient (Wildman–Crippen LogP) is 2.88. The van der Waals surface area contributed by atoms with Crippen LogP contribution in [-0.2, 0) is 0 Å². The van der Waals surface area contributed by atoms with E-state index in [4.69, 9.17) is 9.15 Å². The summed E-state index contributed by atoms with van der Waals surface area (Å²) in [6.45, 7) is 0.0879. The Morgan fingerprint density at radius 1 is 1.46 bits per heavy atom. The van der Waals surface area contributed by atoms with Crippen LogP contribution in [0.2, 0.25) is 0 Å². The van der Waals surface area contributed by atoms with Gasteiger partial charge in [-0.2, -0.15) is 0 Å². The van der Waals surface area contributed by atoms with Gasteiger partial charge < -0.3 is 19.6 Å². The Balaban J connectivity index is 1.61. The number of nitrogens with one attached hydrogen (secondary N) is 1. The smallest absolute Gasteiger partial charge is 0.270 e. The summed E-state index contributed by atoms with van der Waals surface area (Å²) in [5.41, 5.74) is 1.82. The standard InChI is InChI=1S/C17H16N2O4S/c1-22-13-4-2-3-11(7-13)15(20)8-18-16(21)14-10-24-17(19-14)12-5-6-23-9-12/h2-7,9-10,15,20H,8H2,1H3,(H,18,21). The number of hydrogen-bond acceptors (Lipinski definition) is 6. The average molecular weight is 344 g/mol. The molecule has 2 N–H and O–H groups in total. The van der Waals surface area contributed by atoms with E-state index in [1.165, 1.54) is 11.3 Å². The molecule has 0 radical (unpaired) electrons. The SMILES string of the molecule is COc1cccc(C(O)CNC(=O)c2csc(-c3ccoc3)n2)c1. The quantitative estimate of drug-likeness (QED) is 0.718. The topological polar surface area (TPSA) is 84.6 Å². The summed E-state index contributed by atoms with van der Waals surface area (Å²) in [5.74, 6) is 0.324. The van der Waals surface area contributed by atoms with Crippen LogP contribution in [-0.4, -0.2) is 29.7 Å². The largest absolute Gasteiger partial charge is 0.497 e. The van der Waals surface area contributed by atoms with Gasteiger partial charge in [0, 0.05) is 17.5 Å². The molecule has 0 saturated carbocycles. The van der Waals surface area contributed by atoms with Gasteiger partial charge in [-0.1, -0.05) is 12.1 Å². The number of furan rings is 1. The van der Waals surface area contributed by atoms with Crippen molar-refractivity contribution >= 4 is 17.2 Å². The predicted molar refractivity (Wildman–Crippen MR) is 90.1 cm³/mol. The monoisotopic (exact) mass is 344 g/mol. The molecule has 1 amide bonds. The molecule has 3 rings (SSSR count). The molecule has 1 atom stereocenters.